The van der Waals surface area contributed by atoms with Gasteiger partial charge in [-0.15, -0.1) is 7.92 Å². The van der Waals surface area contributed by atoms with E-state index in [2.05, 4.69) is 6.66 Å². The Balaban J connectivity index is 1.52. The SMILES string of the molecule is CP(CCC1OCCCO1)CCC1OCCCO1. The molecule has 2 heterocycles. The van der Waals surface area contributed by atoms with E-state index in [0.29, 0.717) is 0 Å². The van der Waals surface area contributed by atoms with Crippen molar-refractivity contribution in [3.8, 4) is 0 Å². The molecule has 0 radical (unpaired) electrons. The number of ether oxygens (including phenoxy) is 4. The highest BCUT2D eigenvalue weighted by molar-refractivity contribution is 7.56. The second-order valence-corrected chi connectivity index (χ2v) is 7.54. The normalized spacial score (nSPS) is 23.7. The maximum Gasteiger partial charge on any atom is 0.157 e. The largest absolute Gasteiger partial charge is 0.353 e. The molecule has 0 N–H and O–H groups in total. The van der Waals surface area contributed by atoms with Gasteiger partial charge in [-0.1, -0.05) is 0 Å². The molecule has 2 rings (SSSR count). The summed E-state index contributed by atoms with van der Waals surface area (Å²) in [7, 11) is 0.0497. The standard InChI is InChI=1S/C13H25O4P/c1-18(10-4-12-14-6-2-7-15-12)11-5-13-16-8-3-9-17-13/h12-13H,2-11H2,1H3. The Bertz CT molecular complexity index is 193. The molecule has 0 aliphatic carbocycles. The summed E-state index contributed by atoms with van der Waals surface area (Å²) in [6, 6.07) is 0. The van der Waals surface area contributed by atoms with Crippen LogP contribution in [0.4, 0.5) is 0 Å². The fraction of sp³-hybridized carbons (Fsp3) is 1.00. The van der Waals surface area contributed by atoms with Gasteiger partial charge in [0.2, 0.25) is 0 Å². The van der Waals surface area contributed by atoms with E-state index in [9.17, 15) is 0 Å². The molecular formula is C13H25O4P. The summed E-state index contributed by atoms with van der Waals surface area (Å²) in [4.78, 5) is 0. The molecule has 5 heteroatoms. The number of hydrogen-bond acceptors (Lipinski definition) is 4. The lowest BCUT2D eigenvalue weighted by atomic mass is 10.4. The van der Waals surface area contributed by atoms with Crippen LogP contribution < -0.4 is 0 Å². The highest BCUT2D eigenvalue weighted by atomic mass is 31.1. The summed E-state index contributed by atoms with van der Waals surface area (Å²) in [5, 5.41) is 0. The van der Waals surface area contributed by atoms with E-state index in [0.717, 1.165) is 52.1 Å². The Hall–Kier alpha value is 0.270. The van der Waals surface area contributed by atoms with Crippen LogP contribution in [-0.2, 0) is 18.9 Å². The van der Waals surface area contributed by atoms with Crippen LogP contribution in [0.15, 0.2) is 0 Å². The van der Waals surface area contributed by atoms with Crippen molar-refractivity contribution >= 4 is 7.92 Å². The van der Waals surface area contributed by atoms with Crippen molar-refractivity contribution in [2.75, 3.05) is 45.4 Å². The van der Waals surface area contributed by atoms with Crippen LogP contribution in [0.5, 0.6) is 0 Å². The second kappa shape index (κ2) is 8.44. The maximum atomic E-state index is 5.56. The minimum absolute atomic E-state index is 0.0471. The van der Waals surface area contributed by atoms with Crippen molar-refractivity contribution in [2.24, 2.45) is 0 Å². The van der Waals surface area contributed by atoms with E-state index in [-0.39, 0.29) is 20.5 Å². The van der Waals surface area contributed by atoms with Crippen molar-refractivity contribution in [1.29, 1.82) is 0 Å². The third-order valence-electron chi connectivity index (χ3n) is 3.29. The second-order valence-electron chi connectivity index (χ2n) is 4.93. The average molecular weight is 276 g/mol. The molecule has 0 aromatic heterocycles. The summed E-state index contributed by atoms with van der Waals surface area (Å²) in [5.74, 6) is 0. The Morgan fingerprint density at radius 2 is 1.17 bits per heavy atom. The van der Waals surface area contributed by atoms with Gasteiger partial charge in [-0.05, 0) is 31.8 Å². The minimum atomic E-state index is 0.0471. The third-order valence-corrected chi connectivity index (χ3v) is 5.33. The lowest BCUT2D eigenvalue weighted by Gasteiger charge is -2.26. The maximum absolute atomic E-state index is 5.56. The first kappa shape index (κ1) is 14.7. The van der Waals surface area contributed by atoms with E-state index in [1.165, 1.54) is 12.3 Å². The molecule has 0 saturated carbocycles. The first-order valence-corrected chi connectivity index (χ1v) is 9.15. The quantitative estimate of drug-likeness (QED) is 0.698. The first-order chi connectivity index (χ1) is 8.84. The molecule has 0 atom stereocenters. The van der Waals surface area contributed by atoms with Crippen LogP contribution in [0.1, 0.15) is 25.7 Å². The molecule has 0 spiro atoms. The zero-order valence-electron chi connectivity index (χ0n) is 11.3. The summed E-state index contributed by atoms with van der Waals surface area (Å²) in [6.45, 7) is 5.78. The molecule has 106 valence electrons. The third kappa shape index (κ3) is 5.50. The van der Waals surface area contributed by atoms with Crippen LogP contribution in [0.25, 0.3) is 0 Å². The highest BCUT2D eigenvalue weighted by Crippen LogP contribution is 2.34. The Morgan fingerprint density at radius 1 is 0.778 bits per heavy atom. The van der Waals surface area contributed by atoms with E-state index < -0.39 is 0 Å². The van der Waals surface area contributed by atoms with Crippen LogP contribution >= 0.6 is 7.92 Å². The van der Waals surface area contributed by atoms with Crippen LogP contribution in [-0.4, -0.2) is 58.0 Å². The lowest BCUT2D eigenvalue weighted by molar-refractivity contribution is -0.178. The van der Waals surface area contributed by atoms with Crippen LogP contribution in [0, 0.1) is 0 Å². The summed E-state index contributed by atoms with van der Waals surface area (Å²) in [5.41, 5.74) is 0. The molecule has 2 saturated heterocycles. The van der Waals surface area contributed by atoms with Gasteiger partial charge in [-0.25, -0.2) is 0 Å². The van der Waals surface area contributed by atoms with Gasteiger partial charge >= 0.3 is 0 Å². The van der Waals surface area contributed by atoms with E-state index in [1.54, 1.807) is 0 Å². The Morgan fingerprint density at radius 3 is 1.56 bits per heavy atom. The van der Waals surface area contributed by atoms with Crippen molar-refractivity contribution in [3.63, 3.8) is 0 Å². The monoisotopic (exact) mass is 276 g/mol. The molecule has 0 aromatic carbocycles. The van der Waals surface area contributed by atoms with Crippen molar-refractivity contribution in [1.82, 2.24) is 0 Å². The minimum Gasteiger partial charge on any atom is -0.353 e. The first-order valence-electron chi connectivity index (χ1n) is 6.99. The topological polar surface area (TPSA) is 36.9 Å². The molecular weight excluding hydrogens is 251 g/mol. The zero-order chi connectivity index (χ0) is 12.6. The van der Waals surface area contributed by atoms with Crippen molar-refractivity contribution < 1.29 is 18.9 Å². The molecule has 0 aromatic rings. The number of hydrogen-bond donors (Lipinski definition) is 0. The molecule has 18 heavy (non-hydrogen) atoms. The van der Waals surface area contributed by atoms with Gasteiger partial charge in [0, 0.05) is 12.8 Å². The summed E-state index contributed by atoms with van der Waals surface area (Å²) in [6.07, 6.45) is 6.67. The molecule has 0 amide bonds. The van der Waals surface area contributed by atoms with Gasteiger partial charge in [-0.2, -0.15) is 0 Å². The molecule has 0 unspecified atom stereocenters. The Labute approximate surface area is 111 Å². The van der Waals surface area contributed by atoms with Gasteiger partial charge in [0.1, 0.15) is 0 Å². The average Bonchev–Trinajstić information content (AvgIpc) is 2.45. The van der Waals surface area contributed by atoms with Crippen molar-refractivity contribution in [2.45, 2.75) is 38.3 Å². The zero-order valence-corrected chi connectivity index (χ0v) is 12.2. The summed E-state index contributed by atoms with van der Waals surface area (Å²) < 4.78 is 22.2. The molecule has 2 aliphatic heterocycles. The van der Waals surface area contributed by atoms with E-state index in [4.69, 9.17) is 18.9 Å². The molecule has 2 aliphatic rings. The van der Waals surface area contributed by atoms with Gasteiger partial charge in [0.05, 0.1) is 26.4 Å². The van der Waals surface area contributed by atoms with E-state index in [1.807, 2.05) is 0 Å². The smallest absolute Gasteiger partial charge is 0.157 e. The molecule has 2 fully saturated rings. The van der Waals surface area contributed by atoms with E-state index >= 15 is 0 Å². The molecule has 0 bridgehead atoms. The van der Waals surface area contributed by atoms with Gasteiger partial charge < -0.3 is 18.9 Å². The Kier molecular flexibility index (Phi) is 6.88. The van der Waals surface area contributed by atoms with Gasteiger partial charge in [0.25, 0.3) is 0 Å². The van der Waals surface area contributed by atoms with Crippen LogP contribution in [0.3, 0.4) is 0 Å². The van der Waals surface area contributed by atoms with Crippen molar-refractivity contribution in [3.05, 3.63) is 0 Å². The van der Waals surface area contributed by atoms with Gasteiger partial charge in [0.15, 0.2) is 12.6 Å². The fourth-order valence-corrected chi connectivity index (χ4v) is 3.70. The van der Waals surface area contributed by atoms with Crippen LogP contribution in [0.2, 0.25) is 0 Å². The lowest BCUT2D eigenvalue weighted by Crippen LogP contribution is -2.26. The fourth-order valence-electron chi connectivity index (χ4n) is 2.17. The number of rotatable bonds is 6. The molecule has 4 nitrogen and oxygen atoms in total. The highest BCUT2D eigenvalue weighted by Gasteiger charge is 2.17. The summed E-state index contributed by atoms with van der Waals surface area (Å²) >= 11 is 0. The predicted octanol–water partition coefficient (Wildman–Crippen LogP) is 2.40. The predicted molar refractivity (Wildman–Crippen MR) is 72.4 cm³/mol. The van der Waals surface area contributed by atoms with Gasteiger partial charge in [-0.3, -0.25) is 0 Å².